The van der Waals surface area contributed by atoms with E-state index in [1.165, 1.54) is 4.90 Å². The molecular weight excluding hydrogens is 472 g/mol. The van der Waals surface area contributed by atoms with Crippen molar-refractivity contribution in [2.24, 2.45) is 11.8 Å². The molecule has 2 amide bonds. The molecule has 2 rings (SSSR count). The summed E-state index contributed by atoms with van der Waals surface area (Å²) in [6, 6.07) is 3.36. The van der Waals surface area contributed by atoms with Gasteiger partial charge in [0.1, 0.15) is 0 Å². The Hall–Kier alpha value is -0.600. The van der Waals surface area contributed by atoms with Gasteiger partial charge in [0.15, 0.2) is 0 Å². The molecule has 2 atom stereocenters. The van der Waals surface area contributed by atoms with Gasteiger partial charge in [-0.25, -0.2) is 4.79 Å². The summed E-state index contributed by atoms with van der Waals surface area (Å²) < 4.78 is 2.35. The minimum atomic E-state index is -0.858. The number of carboxylic acids is 1. The van der Waals surface area contributed by atoms with Crippen LogP contribution in [0.1, 0.15) is 6.92 Å². The maximum Gasteiger partial charge on any atom is 0.321 e. The zero-order valence-corrected chi connectivity index (χ0v) is 15.8. The lowest BCUT2D eigenvalue weighted by Gasteiger charge is -2.18. The van der Waals surface area contributed by atoms with Gasteiger partial charge in [-0.05, 0) is 49.9 Å². The molecule has 2 unspecified atom stereocenters. The van der Waals surface area contributed by atoms with E-state index in [2.05, 4.69) is 53.1 Å². The number of nitrogens with zero attached hydrogens (tertiary/aromatic N) is 1. The van der Waals surface area contributed by atoms with Gasteiger partial charge in [0.25, 0.3) is 0 Å². The lowest BCUT2D eigenvalue weighted by atomic mass is 9.99. The Kier molecular flexibility index (Phi) is 5.32. The van der Waals surface area contributed by atoms with Crippen LogP contribution in [0.5, 0.6) is 0 Å². The molecule has 0 aliphatic carbocycles. The number of anilines is 1. The number of halogens is 3. The summed E-state index contributed by atoms with van der Waals surface area (Å²) in [6.07, 6.45) is 0. The Bertz CT molecular complexity index is 571. The highest BCUT2D eigenvalue weighted by Crippen LogP contribution is 2.35. The van der Waals surface area contributed by atoms with E-state index in [-0.39, 0.29) is 18.5 Å². The number of carbonyl (C=O) groups excluding carboxylic acids is 1. The van der Waals surface area contributed by atoms with Crippen molar-refractivity contribution < 1.29 is 14.7 Å². The third-order valence-corrected chi connectivity index (χ3v) is 5.16. The van der Waals surface area contributed by atoms with Gasteiger partial charge < -0.3 is 15.3 Å². The van der Waals surface area contributed by atoms with Crippen molar-refractivity contribution in [3.05, 3.63) is 25.6 Å². The number of amides is 2. The first kappa shape index (κ1) is 16.8. The third kappa shape index (κ3) is 3.78. The Morgan fingerprint density at radius 1 is 1.24 bits per heavy atom. The van der Waals surface area contributed by atoms with Crippen LogP contribution in [-0.2, 0) is 4.79 Å². The van der Waals surface area contributed by atoms with Crippen LogP contribution in [0.15, 0.2) is 25.6 Å². The van der Waals surface area contributed by atoms with Crippen molar-refractivity contribution in [3.63, 3.8) is 0 Å². The van der Waals surface area contributed by atoms with Crippen LogP contribution in [0.4, 0.5) is 10.5 Å². The van der Waals surface area contributed by atoms with Crippen molar-refractivity contribution >= 4 is 65.5 Å². The van der Waals surface area contributed by atoms with E-state index >= 15 is 0 Å². The fraction of sp³-hybridized carbons (Fsp3) is 0.385. The van der Waals surface area contributed by atoms with Crippen molar-refractivity contribution in [3.8, 4) is 0 Å². The van der Waals surface area contributed by atoms with Crippen LogP contribution in [0.2, 0.25) is 0 Å². The number of carboxylic acid groups (broad SMARTS) is 1. The van der Waals surface area contributed by atoms with Gasteiger partial charge in [-0.2, -0.15) is 0 Å². The number of hydrogen-bond acceptors (Lipinski definition) is 2. The van der Waals surface area contributed by atoms with Crippen LogP contribution in [-0.4, -0.2) is 35.1 Å². The van der Waals surface area contributed by atoms with E-state index in [4.69, 9.17) is 5.11 Å². The first-order valence-corrected chi connectivity index (χ1v) is 8.60. The molecule has 0 saturated carbocycles. The Labute approximate surface area is 147 Å². The molecule has 1 fully saturated rings. The summed E-state index contributed by atoms with van der Waals surface area (Å²) in [6.45, 7) is 2.51. The zero-order chi connectivity index (χ0) is 15.7. The fourth-order valence-electron chi connectivity index (χ4n) is 2.30. The van der Waals surface area contributed by atoms with Gasteiger partial charge >= 0.3 is 12.0 Å². The normalized spacial score (nSPS) is 21.4. The molecule has 1 aliphatic heterocycles. The lowest BCUT2D eigenvalue weighted by molar-refractivity contribution is -0.142. The molecule has 0 radical (unpaired) electrons. The molecule has 0 spiro atoms. The monoisotopic (exact) mass is 482 g/mol. The summed E-state index contributed by atoms with van der Waals surface area (Å²) >= 11 is 10.2. The first-order valence-electron chi connectivity index (χ1n) is 6.23. The molecular formula is C13H13Br3N2O3. The molecule has 0 bridgehead atoms. The number of urea groups is 1. The minimum Gasteiger partial charge on any atom is -0.481 e. The molecule has 5 nitrogen and oxygen atoms in total. The SMILES string of the molecule is CC1CN(C(=O)Nc2c(Br)cc(Br)cc2Br)CC1C(=O)O. The highest BCUT2D eigenvalue weighted by atomic mass is 79.9. The van der Waals surface area contributed by atoms with Gasteiger partial charge in [0.2, 0.25) is 0 Å². The van der Waals surface area contributed by atoms with Crippen molar-refractivity contribution in [2.45, 2.75) is 6.92 Å². The van der Waals surface area contributed by atoms with E-state index in [0.717, 1.165) is 13.4 Å². The summed E-state index contributed by atoms with van der Waals surface area (Å²) in [5.74, 6) is -1.42. The quantitative estimate of drug-likeness (QED) is 0.662. The molecule has 1 aromatic carbocycles. The fourth-order valence-corrected chi connectivity index (χ4v) is 4.76. The predicted octanol–water partition coefficient (Wildman–Crippen LogP) is 4.16. The Morgan fingerprint density at radius 3 is 2.29 bits per heavy atom. The van der Waals surface area contributed by atoms with Crippen LogP contribution >= 0.6 is 47.8 Å². The van der Waals surface area contributed by atoms with E-state index in [0.29, 0.717) is 12.2 Å². The maximum atomic E-state index is 12.3. The second-order valence-electron chi connectivity index (χ2n) is 5.00. The smallest absolute Gasteiger partial charge is 0.321 e. The van der Waals surface area contributed by atoms with Gasteiger partial charge in [-0.1, -0.05) is 22.9 Å². The van der Waals surface area contributed by atoms with Crippen LogP contribution in [0.25, 0.3) is 0 Å². The molecule has 1 aromatic rings. The van der Waals surface area contributed by atoms with E-state index < -0.39 is 11.9 Å². The summed E-state index contributed by atoms with van der Waals surface area (Å²) in [5, 5.41) is 11.9. The molecule has 2 N–H and O–H groups in total. The standard InChI is InChI=1S/C13H13Br3N2O3/c1-6-4-18(5-8(6)12(19)20)13(21)17-11-9(15)2-7(14)3-10(11)16/h2-3,6,8H,4-5H2,1H3,(H,17,21)(H,19,20). The number of nitrogens with one attached hydrogen (secondary N) is 1. The molecule has 1 aliphatic rings. The first-order chi connectivity index (χ1) is 9.79. The van der Waals surface area contributed by atoms with E-state index in [1.807, 2.05) is 19.1 Å². The molecule has 0 aromatic heterocycles. The summed E-state index contributed by atoms with van der Waals surface area (Å²) in [4.78, 5) is 24.9. The summed E-state index contributed by atoms with van der Waals surface area (Å²) in [5.41, 5.74) is 0.620. The number of benzene rings is 1. The second-order valence-corrected chi connectivity index (χ2v) is 7.63. The maximum absolute atomic E-state index is 12.3. The van der Waals surface area contributed by atoms with Gasteiger partial charge in [0.05, 0.1) is 11.6 Å². The van der Waals surface area contributed by atoms with Crippen molar-refractivity contribution in [2.75, 3.05) is 18.4 Å². The molecule has 8 heteroatoms. The topological polar surface area (TPSA) is 69.6 Å². The van der Waals surface area contributed by atoms with Gasteiger partial charge in [-0.15, -0.1) is 0 Å². The highest BCUT2D eigenvalue weighted by molar-refractivity contribution is 9.11. The van der Waals surface area contributed by atoms with Gasteiger partial charge in [0, 0.05) is 26.5 Å². The van der Waals surface area contributed by atoms with E-state index in [1.54, 1.807) is 0 Å². The average Bonchev–Trinajstić information content (AvgIpc) is 2.75. The van der Waals surface area contributed by atoms with Crippen LogP contribution in [0, 0.1) is 11.8 Å². The number of likely N-dealkylation sites (tertiary alicyclic amines) is 1. The Balaban J connectivity index is 2.11. The average molecular weight is 485 g/mol. The molecule has 1 saturated heterocycles. The minimum absolute atomic E-state index is 0.0509. The van der Waals surface area contributed by atoms with Crippen molar-refractivity contribution in [1.29, 1.82) is 0 Å². The largest absolute Gasteiger partial charge is 0.481 e. The lowest BCUT2D eigenvalue weighted by Crippen LogP contribution is -2.34. The second kappa shape index (κ2) is 6.66. The molecule has 114 valence electrons. The molecule has 1 heterocycles. The number of hydrogen-bond donors (Lipinski definition) is 2. The Morgan fingerprint density at radius 2 is 1.81 bits per heavy atom. The zero-order valence-electron chi connectivity index (χ0n) is 11.1. The third-order valence-electron chi connectivity index (χ3n) is 3.46. The van der Waals surface area contributed by atoms with Gasteiger partial charge in [-0.3, -0.25) is 4.79 Å². The number of carbonyl (C=O) groups is 2. The van der Waals surface area contributed by atoms with Crippen LogP contribution in [0.3, 0.4) is 0 Å². The van der Waals surface area contributed by atoms with Crippen molar-refractivity contribution in [1.82, 2.24) is 4.90 Å². The van der Waals surface area contributed by atoms with E-state index in [9.17, 15) is 9.59 Å². The van der Waals surface area contributed by atoms with Crippen LogP contribution < -0.4 is 5.32 Å². The number of rotatable bonds is 2. The number of aliphatic carboxylic acids is 1. The molecule has 21 heavy (non-hydrogen) atoms. The predicted molar refractivity (Wildman–Crippen MR) is 90.4 cm³/mol. The highest BCUT2D eigenvalue weighted by Gasteiger charge is 2.37. The summed E-state index contributed by atoms with van der Waals surface area (Å²) in [7, 11) is 0.